The molecule has 68 heavy (non-hydrogen) atoms. The highest BCUT2D eigenvalue weighted by Gasteiger charge is 2.67. The van der Waals surface area contributed by atoms with Crippen molar-refractivity contribution < 1.29 is 70.1 Å². The van der Waals surface area contributed by atoms with Gasteiger partial charge in [0.2, 0.25) is 21.8 Å². The van der Waals surface area contributed by atoms with E-state index in [4.69, 9.17) is 16.3 Å². The van der Waals surface area contributed by atoms with Gasteiger partial charge in [0.05, 0.1) is 53.6 Å². The molecule has 1 saturated carbocycles. The van der Waals surface area contributed by atoms with Crippen LogP contribution in [-0.4, -0.2) is 70.7 Å². The summed E-state index contributed by atoms with van der Waals surface area (Å²) in [4.78, 5) is 32.2. The minimum absolute atomic E-state index is 0.124. The number of ether oxygens (including phenoxy) is 1. The molecule has 362 valence electrons. The van der Waals surface area contributed by atoms with Crippen molar-refractivity contribution >= 4 is 54.4 Å². The number of aryl methyl sites for hydroxylation is 1. The molecule has 0 saturated heterocycles. The molecule has 3 heterocycles. The summed E-state index contributed by atoms with van der Waals surface area (Å²) in [6.07, 6.45) is -3.48. The number of rotatable bonds is 15. The number of halogens is 10. The first-order valence-electron chi connectivity index (χ1n) is 19.6. The number of sulfonamides is 1. The Hall–Kier alpha value is -6.35. The third kappa shape index (κ3) is 8.81. The van der Waals surface area contributed by atoms with E-state index >= 15 is 8.78 Å². The number of anilines is 1. The van der Waals surface area contributed by atoms with Crippen LogP contribution in [0.4, 0.5) is 45.3 Å². The summed E-state index contributed by atoms with van der Waals surface area (Å²) in [7, 11) is -8.14. The maximum Gasteiger partial charge on any atom is 0.534 e. The Kier molecular flexibility index (Phi) is 12.0. The Labute approximate surface area is 383 Å². The van der Waals surface area contributed by atoms with Gasteiger partial charge in [0.1, 0.15) is 41.1 Å². The van der Waals surface area contributed by atoms with Crippen molar-refractivity contribution in [3.63, 3.8) is 0 Å². The third-order valence-electron chi connectivity index (χ3n) is 11.1. The van der Waals surface area contributed by atoms with Crippen molar-refractivity contribution in [2.45, 2.75) is 55.7 Å². The maximum absolute atomic E-state index is 15.5. The second-order valence-corrected chi connectivity index (χ2v) is 19.6. The van der Waals surface area contributed by atoms with Crippen LogP contribution < -0.4 is 24.1 Å². The third-order valence-corrected chi connectivity index (χ3v) is 13.5. The van der Waals surface area contributed by atoms with Crippen LogP contribution in [0.15, 0.2) is 65.5 Å². The molecule has 0 spiro atoms. The largest absolute Gasteiger partial charge is 0.534 e. The smallest absolute Gasteiger partial charge is 0.497 e. The summed E-state index contributed by atoms with van der Waals surface area (Å²) in [5.41, 5.74) is -10.5. The lowest BCUT2D eigenvalue weighted by Gasteiger charge is -2.24. The molecule has 3 atom stereocenters. The number of amides is 1. The predicted molar refractivity (Wildman–Crippen MR) is 222 cm³/mol. The Bertz CT molecular complexity index is 3290. The molecule has 3 aromatic carbocycles. The predicted octanol–water partition coefficient (Wildman–Crippen LogP) is 6.70. The van der Waals surface area contributed by atoms with Crippen LogP contribution in [0.25, 0.3) is 16.6 Å². The minimum Gasteiger partial charge on any atom is -0.497 e. The number of nitrogens with zero attached hydrogens (tertiary/aromatic N) is 7. The number of benzene rings is 3. The molecule has 2 aliphatic carbocycles. The van der Waals surface area contributed by atoms with Crippen LogP contribution in [0.1, 0.15) is 58.7 Å². The molecule has 0 bridgehead atoms. The van der Waals surface area contributed by atoms with Gasteiger partial charge in [0.15, 0.2) is 5.82 Å². The van der Waals surface area contributed by atoms with E-state index in [1.54, 1.807) is 24.3 Å². The number of methoxy groups -OCH3 is 1. The zero-order valence-corrected chi connectivity index (χ0v) is 37.3. The molecule has 3 aromatic heterocycles. The molecule has 0 radical (unpaired) electrons. The summed E-state index contributed by atoms with van der Waals surface area (Å²) in [6.45, 7) is -1.60. The topological polar surface area (TPSA) is 190 Å². The highest BCUT2D eigenvalue weighted by molar-refractivity contribution is 7.92. The quantitative estimate of drug-likeness (QED) is 0.0655. The molecule has 1 N–H and O–H groups in total. The second kappa shape index (κ2) is 17.0. The van der Waals surface area contributed by atoms with Gasteiger partial charge in [-0.3, -0.25) is 23.5 Å². The van der Waals surface area contributed by atoms with Gasteiger partial charge < -0.3 is 14.2 Å². The van der Waals surface area contributed by atoms with Crippen molar-refractivity contribution in [1.82, 2.24) is 34.4 Å². The summed E-state index contributed by atoms with van der Waals surface area (Å²) in [5.74, 6) is -12.1. The monoisotopic (exact) mass is 1020 g/mol. The van der Waals surface area contributed by atoms with Gasteiger partial charge in [-0.1, -0.05) is 23.7 Å². The highest BCUT2D eigenvalue weighted by atomic mass is 35.5. The number of carbonyl (C=O) groups excluding carboxylic acids is 1. The van der Waals surface area contributed by atoms with Crippen LogP contribution in [0.5, 0.6) is 11.6 Å². The van der Waals surface area contributed by atoms with Crippen LogP contribution in [0.2, 0.25) is 5.02 Å². The fourth-order valence-corrected chi connectivity index (χ4v) is 9.69. The van der Waals surface area contributed by atoms with E-state index in [1.165, 1.54) is 14.2 Å². The van der Waals surface area contributed by atoms with Gasteiger partial charge in [0, 0.05) is 31.0 Å². The zero-order chi connectivity index (χ0) is 49.6. The average molecular weight is 1020 g/mol. The fraction of sp³-hybridized carbons (Fsp3) is 0.325. The molecule has 0 aliphatic heterocycles. The van der Waals surface area contributed by atoms with Crippen molar-refractivity contribution in [2.75, 3.05) is 17.7 Å². The number of hydrogen-bond acceptors (Lipinski definition) is 11. The second-order valence-electron chi connectivity index (χ2n) is 15.7. The van der Waals surface area contributed by atoms with Crippen LogP contribution in [0, 0.1) is 17.6 Å². The molecule has 2 aliphatic rings. The summed E-state index contributed by atoms with van der Waals surface area (Å²) >= 11 is 6.71. The first kappa shape index (κ1) is 48.1. The number of fused-ring (bicyclic) bond motifs is 4. The van der Waals surface area contributed by atoms with Gasteiger partial charge in [-0.05, 0) is 59.9 Å². The summed E-state index contributed by atoms with van der Waals surface area (Å²) in [6, 6.07) is 8.56. The van der Waals surface area contributed by atoms with E-state index < -0.39 is 121 Å². The maximum atomic E-state index is 15.5. The zero-order valence-electron chi connectivity index (χ0n) is 34.9. The Morgan fingerprint density at radius 3 is 2.26 bits per heavy atom. The van der Waals surface area contributed by atoms with E-state index in [1.807, 2.05) is 0 Å². The van der Waals surface area contributed by atoms with Gasteiger partial charge in [0.25, 0.3) is 17.9 Å². The lowest BCUT2D eigenvalue weighted by Crippen LogP contribution is -2.38. The van der Waals surface area contributed by atoms with Crippen molar-refractivity contribution in [2.24, 2.45) is 13.0 Å². The average Bonchev–Trinajstić information content (AvgIpc) is 3.75. The molecule has 16 nitrogen and oxygen atoms in total. The van der Waals surface area contributed by atoms with Gasteiger partial charge in [-0.25, -0.2) is 30.3 Å². The Morgan fingerprint density at radius 2 is 1.66 bits per heavy atom. The molecule has 1 fully saturated rings. The SMILES string of the molecule is COc1ccc(CN(c2nn(C)c3c(-n4c([C@H](Cc5cc(F)cc(F)c5)NC(=O)Cn5nc(C(F)F)c6c5C(F)(F)[C@@H]5C[C@H]65)nc(OS(=O)(=O)C(F)(F)F)cc4=O)ccc(Cl)c23)S(C)(=O)=O)cc1. The highest BCUT2D eigenvalue weighted by Crippen LogP contribution is 2.68. The minimum atomic E-state index is -6.58. The number of carbonyl (C=O) groups is 1. The number of nitrogens with one attached hydrogen (secondary N) is 1. The normalized spacial score (nSPS) is 17.0. The van der Waals surface area contributed by atoms with Gasteiger partial charge in [-0.15, -0.1) is 0 Å². The van der Waals surface area contributed by atoms with E-state index in [2.05, 4.69) is 24.7 Å². The summed E-state index contributed by atoms with van der Waals surface area (Å²) in [5, 5.41) is 9.92. The van der Waals surface area contributed by atoms with Crippen molar-refractivity contribution in [3.05, 3.63) is 122 Å². The van der Waals surface area contributed by atoms with Gasteiger partial charge in [-0.2, -0.15) is 45.6 Å². The van der Waals surface area contributed by atoms with Crippen LogP contribution >= 0.6 is 11.6 Å². The van der Waals surface area contributed by atoms with E-state index in [9.17, 15) is 57.2 Å². The number of aromatic nitrogens is 6. The first-order chi connectivity index (χ1) is 31.7. The molecule has 6 aromatic rings. The van der Waals surface area contributed by atoms with E-state index in [0.29, 0.717) is 26.6 Å². The molecular weight excluding hydrogens is 991 g/mol. The fourth-order valence-electron chi connectivity index (χ4n) is 8.22. The van der Waals surface area contributed by atoms with Crippen LogP contribution in [0.3, 0.4) is 0 Å². The number of alkyl halides is 7. The van der Waals surface area contributed by atoms with Crippen molar-refractivity contribution in [1.29, 1.82) is 0 Å². The Morgan fingerprint density at radius 1 is 1.00 bits per heavy atom. The summed E-state index contributed by atoms with van der Waals surface area (Å²) < 4.78 is 193. The standard InChI is InChI=1S/C40H32ClF9N8O8S2/c1-55-34-27(9-8-25(41)32(34)38(54-55)57(67(3,61)62)16-18-4-6-22(65-2)7-5-18)58-30(60)15-29(66-68(63,64)40(48,49)50)52-37(58)26(12-19-10-20(42)13-21(43)11-19)51-28(59)17-56-35-31(33(53-56)36(44)45)23-14-24(23)39(35,46)47/h4-11,13,15,23-24,26,36H,12,14,16-17H2,1-3H3,(H,51,59)/t23-,24+,26-/m0/s1. The van der Waals surface area contributed by atoms with Crippen molar-refractivity contribution in [3.8, 4) is 17.3 Å². The van der Waals surface area contributed by atoms with Gasteiger partial charge >= 0.3 is 15.6 Å². The lowest BCUT2D eigenvalue weighted by molar-refractivity contribution is -0.123. The van der Waals surface area contributed by atoms with Crippen LogP contribution in [-0.2, 0) is 57.4 Å². The van der Waals surface area contributed by atoms with E-state index in [0.717, 1.165) is 39.5 Å². The van der Waals surface area contributed by atoms with E-state index in [-0.39, 0.29) is 52.0 Å². The molecule has 1 amide bonds. The molecule has 8 rings (SSSR count). The molecular formula is C40H32ClF9N8O8S2. The first-order valence-corrected chi connectivity index (χ1v) is 23.3. The molecule has 28 heteroatoms. The molecule has 0 unspecified atom stereocenters. The Balaban J connectivity index is 1.32. The number of hydrogen-bond donors (Lipinski definition) is 1. The lowest BCUT2D eigenvalue weighted by atomic mass is 10.0.